The Morgan fingerprint density at radius 1 is 1.13 bits per heavy atom. The van der Waals surface area contributed by atoms with E-state index in [2.05, 4.69) is 0 Å². The number of rotatable bonds is 5. The van der Waals surface area contributed by atoms with Crippen LogP contribution in [-0.2, 0) is 25.5 Å². The summed E-state index contributed by atoms with van der Waals surface area (Å²) in [4.78, 5) is 40.8. The number of carbonyl (C=O) groups excluding carboxylic acids is 3. The summed E-state index contributed by atoms with van der Waals surface area (Å²) in [5.74, 6) is -0.370. The summed E-state index contributed by atoms with van der Waals surface area (Å²) in [7, 11) is 0. The number of hydrogen-bond acceptors (Lipinski definition) is 5. The van der Waals surface area contributed by atoms with E-state index in [1.54, 1.807) is 24.0 Å². The van der Waals surface area contributed by atoms with Crippen molar-refractivity contribution in [3.8, 4) is 5.75 Å². The van der Waals surface area contributed by atoms with Crippen LogP contribution in [0.2, 0.25) is 0 Å². The van der Waals surface area contributed by atoms with E-state index in [4.69, 9.17) is 9.47 Å². The van der Waals surface area contributed by atoms with Crippen LogP contribution in [0.5, 0.6) is 5.75 Å². The highest BCUT2D eigenvalue weighted by Gasteiger charge is 2.34. The Kier molecular flexibility index (Phi) is 5.44. The molecular weight excluding hydrogens is 384 g/mol. The molecule has 0 spiro atoms. The highest BCUT2D eigenvalue weighted by molar-refractivity contribution is 6.00. The predicted molar refractivity (Wildman–Crippen MR) is 112 cm³/mol. The number of hydrogen-bond donors (Lipinski definition) is 0. The van der Waals surface area contributed by atoms with Crippen LogP contribution in [0, 0.1) is 0 Å². The molecule has 2 aliphatic heterocycles. The fourth-order valence-corrected chi connectivity index (χ4v) is 4.01. The second-order valence-electron chi connectivity index (χ2n) is 7.57. The minimum absolute atomic E-state index is 0.0101. The molecule has 0 saturated heterocycles. The molecule has 7 heteroatoms. The molecule has 7 nitrogen and oxygen atoms in total. The van der Waals surface area contributed by atoms with Crippen molar-refractivity contribution < 1.29 is 23.9 Å². The van der Waals surface area contributed by atoms with Crippen LogP contribution >= 0.6 is 0 Å². The Balaban J connectivity index is 1.37. The smallest absolute Gasteiger partial charge is 0.308 e. The topological polar surface area (TPSA) is 76.2 Å². The number of esters is 1. The van der Waals surface area contributed by atoms with E-state index in [1.807, 2.05) is 43.3 Å². The van der Waals surface area contributed by atoms with Gasteiger partial charge in [-0.15, -0.1) is 0 Å². The molecule has 2 heterocycles. The van der Waals surface area contributed by atoms with Gasteiger partial charge in [-0.1, -0.05) is 30.3 Å². The Labute approximate surface area is 175 Å². The molecule has 0 bridgehead atoms. The largest absolute Gasteiger partial charge is 0.482 e. The van der Waals surface area contributed by atoms with Crippen LogP contribution in [0.4, 0.5) is 11.4 Å². The second kappa shape index (κ2) is 8.18. The summed E-state index contributed by atoms with van der Waals surface area (Å²) >= 11 is 0. The molecule has 2 atom stereocenters. The summed E-state index contributed by atoms with van der Waals surface area (Å²) in [5, 5.41) is 0. The maximum atomic E-state index is 12.9. The molecule has 30 heavy (non-hydrogen) atoms. The van der Waals surface area contributed by atoms with Crippen molar-refractivity contribution in [1.29, 1.82) is 0 Å². The third-order valence-corrected chi connectivity index (χ3v) is 5.45. The molecule has 156 valence electrons. The fraction of sp³-hybridized carbons (Fsp3) is 0.348. The number of amides is 2. The van der Waals surface area contributed by atoms with E-state index in [0.29, 0.717) is 11.4 Å². The van der Waals surface area contributed by atoms with Gasteiger partial charge in [0.05, 0.1) is 12.1 Å². The predicted octanol–water partition coefficient (Wildman–Crippen LogP) is 2.71. The van der Waals surface area contributed by atoms with Gasteiger partial charge < -0.3 is 19.3 Å². The van der Waals surface area contributed by atoms with Crippen molar-refractivity contribution in [1.82, 2.24) is 0 Å². The minimum Gasteiger partial charge on any atom is -0.482 e. The highest BCUT2D eigenvalue weighted by Crippen LogP contribution is 2.33. The lowest BCUT2D eigenvalue weighted by Crippen LogP contribution is -2.44. The van der Waals surface area contributed by atoms with Gasteiger partial charge in [0, 0.05) is 18.3 Å². The Morgan fingerprint density at radius 2 is 1.83 bits per heavy atom. The SMILES string of the molecule is C[C@@H]1Cc2ccccc2N1C(=O)[C@@H](C)OC(=O)CCN1C(=O)COc2ccccc21. The van der Waals surface area contributed by atoms with Crippen molar-refractivity contribution in [2.45, 2.75) is 38.8 Å². The van der Waals surface area contributed by atoms with Crippen LogP contribution in [-0.4, -0.2) is 43.1 Å². The van der Waals surface area contributed by atoms with Crippen LogP contribution < -0.4 is 14.5 Å². The zero-order chi connectivity index (χ0) is 21.3. The molecular formula is C23H24N2O5. The molecule has 0 radical (unpaired) electrons. The summed E-state index contributed by atoms with van der Waals surface area (Å²) in [6, 6.07) is 15.0. The first-order valence-electron chi connectivity index (χ1n) is 10.1. The van der Waals surface area contributed by atoms with Gasteiger partial charge in [0.15, 0.2) is 12.7 Å². The Hall–Kier alpha value is -3.35. The van der Waals surface area contributed by atoms with Crippen molar-refractivity contribution in [2.24, 2.45) is 0 Å². The summed E-state index contributed by atoms with van der Waals surface area (Å²) < 4.78 is 10.8. The number of fused-ring (bicyclic) bond motifs is 2. The van der Waals surface area contributed by atoms with Gasteiger partial charge in [-0.25, -0.2) is 0 Å². The van der Waals surface area contributed by atoms with Crippen LogP contribution in [0.1, 0.15) is 25.8 Å². The number of ether oxygens (including phenoxy) is 2. The van der Waals surface area contributed by atoms with Crippen molar-refractivity contribution in [2.75, 3.05) is 23.0 Å². The normalized spacial score (nSPS) is 18.3. The van der Waals surface area contributed by atoms with E-state index >= 15 is 0 Å². The van der Waals surface area contributed by atoms with E-state index < -0.39 is 12.1 Å². The molecule has 2 aliphatic rings. The van der Waals surface area contributed by atoms with E-state index in [1.165, 1.54) is 4.90 Å². The van der Waals surface area contributed by atoms with E-state index in [-0.39, 0.29) is 37.4 Å². The third-order valence-electron chi connectivity index (χ3n) is 5.45. The van der Waals surface area contributed by atoms with Gasteiger partial charge in [-0.2, -0.15) is 0 Å². The molecule has 4 rings (SSSR count). The average Bonchev–Trinajstić information content (AvgIpc) is 3.08. The molecule has 0 saturated carbocycles. The molecule has 2 amide bonds. The molecule has 0 aliphatic carbocycles. The molecule has 2 aromatic carbocycles. The van der Waals surface area contributed by atoms with Crippen molar-refractivity contribution >= 4 is 29.2 Å². The number of anilines is 2. The molecule has 0 fully saturated rings. The van der Waals surface area contributed by atoms with E-state index in [0.717, 1.165) is 17.7 Å². The van der Waals surface area contributed by atoms with Gasteiger partial charge >= 0.3 is 5.97 Å². The first kappa shape index (κ1) is 19.9. The van der Waals surface area contributed by atoms with Crippen LogP contribution in [0.15, 0.2) is 48.5 Å². The Morgan fingerprint density at radius 3 is 2.63 bits per heavy atom. The molecule has 0 unspecified atom stereocenters. The van der Waals surface area contributed by atoms with Gasteiger partial charge in [0.1, 0.15) is 5.75 Å². The lowest BCUT2D eigenvalue weighted by Gasteiger charge is -2.29. The molecule has 0 N–H and O–H groups in total. The van der Waals surface area contributed by atoms with Gasteiger partial charge in [-0.3, -0.25) is 14.4 Å². The summed E-state index contributed by atoms with van der Waals surface area (Å²) in [6.45, 7) is 3.67. The monoisotopic (exact) mass is 408 g/mol. The summed E-state index contributed by atoms with van der Waals surface area (Å²) in [5.41, 5.74) is 2.61. The number of para-hydroxylation sites is 3. The third kappa shape index (κ3) is 3.75. The number of carbonyl (C=O) groups is 3. The van der Waals surface area contributed by atoms with Gasteiger partial charge in [0.25, 0.3) is 11.8 Å². The van der Waals surface area contributed by atoms with Crippen LogP contribution in [0.3, 0.4) is 0 Å². The maximum absolute atomic E-state index is 12.9. The number of benzene rings is 2. The molecule has 2 aromatic rings. The fourth-order valence-electron chi connectivity index (χ4n) is 4.01. The first-order chi connectivity index (χ1) is 14.5. The van der Waals surface area contributed by atoms with Crippen molar-refractivity contribution in [3.63, 3.8) is 0 Å². The zero-order valence-corrected chi connectivity index (χ0v) is 17.0. The summed E-state index contributed by atoms with van der Waals surface area (Å²) in [6.07, 6.45) is -0.135. The lowest BCUT2D eigenvalue weighted by atomic mass is 10.1. The average molecular weight is 408 g/mol. The van der Waals surface area contributed by atoms with Crippen molar-refractivity contribution in [3.05, 3.63) is 54.1 Å². The first-order valence-corrected chi connectivity index (χ1v) is 10.1. The molecule has 0 aromatic heterocycles. The zero-order valence-electron chi connectivity index (χ0n) is 17.0. The number of nitrogens with zero attached hydrogens (tertiary/aromatic N) is 2. The standard InChI is InChI=1S/C23H24N2O5/c1-15-13-17-7-3-4-8-18(17)25(15)23(28)16(2)30-22(27)11-12-24-19-9-5-6-10-20(19)29-14-21(24)26/h3-10,15-16H,11-14H2,1-2H3/t15-,16-/m1/s1. The minimum atomic E-state index is -0.904. The lowest BCUT2D eigenvalue weighted by molar-refractivity contribution is -0.153. The second-order valence-corrected chi connectivity index (χ2v) is 7.57. The quantitative estimate of drug-likeness (QED) is 0.711. The van der Waals surface area contributed by atoms with E-state index in [9.17, 15) is 14.4 Å². The van der Waals surface area contributed by atoms with Crippen LogP contribution in [0.25, 0.3) is 0 Å². The Bertz CT molecular complexity index is 989. The van der Waals surface area contributed by atoms with Gasteiger partial charge in [-0.05, 0) is 44.0 Å². The maximum Gasteiger partial charge on any atom is 0.308 e. The highest BCUT2D eigenvalue weighted by atomic mass is 16.5. The van der Waals surface area contributed by atoms with Gasteiger partial charge in [0.2, 0.25) is 0 Å².